The number of hydrogen-bond donors (Lipinski definition) is 2. The van der Waals surface area contributed by atoms with Crippen LogP contribution in [0.3, 0.4) is 0 Å². The number of piperidine rings is 1. The summed E-state index contributed by atoms with van der Waals surface area (Å²) in [5.41, 5.74) is 8.33. The summed E-state index contributed by atoms with van der Waals surface area (Å²) >= 11 is 0. The Morgan fingerprint density at radius 2 is 1.77 bits per heavy atom. The second kappa shape index (κ2) is 12.7. The molecule has 1 heterocycles. The van der Waals surface area contributed by atoms with Crippen LogP contribution in [0, 0.1) is 0 Å². The summed E-state index contributed by atoms with van der Waals surface area (Å²) in [6.07, 6.45) is 2.33. The number of nitrogens with two attached hydrogens (primary N) is 1. The molecule has 8 heteroatoms. The molecule has 2 unspecified atom stereocenters. The Kier molecular flexibility index (Phi) is 11.0. The Labute approximate surface area is 197 Å². The van der Waals surface area contributed by atoms with E-state index in [1.807, 2.05) is 42.3 Å². The minimum atomic E-state index is -0.348. The van der Waals surface area contributed by atoms with Gasteiger partial charge in [-0.1, -0.05) is 30.3 Å². The molecule has 0 aromatic heterocycles. The summed E-state index contributed by atoms with van der Waals surface area (Å²) in [5.74, 6) is -0.142. The highest BCUT2D eigenvalue weighted by atomic mass is 35.5. The number of carbonyl (C=O) groups excluding carboxylic acids is 2. The molecule has 3 N–H and O–H groups in total. The minimum absolute atomic E-state index is 0. The van der Waals surface area contributed by atoms with Crippen LogP contribution in [-0.2, 0) is 4.79 Å². The van der Waals surface area contributed by atoms with Gasteiger partial charge in [0, 0.05) is 43.3 Å². The van der Waals surface area contributed by atoms with Crippen molar-refractivity contribution in [1.29, 1.82) is 0 Å². The molecule has 0 radical (unpaired) electrons. The second-order valence-electron chi connectivity index (χ2n) is 7.82. The first-order chi connectivity index (χ1) is 13.9. The maximum absolute atomic E-state index is 12.8. The average molecular weight is 467 g/mol. The molecule has 0 saturated carbocycles. The Morgan fingerprint density at radius 1 is 1.13 bits per heavy atom. The Hall–Kier alpha value is -2.12. The van der Waals surface area contributed by atoms with Crippen molar-refractivity contribution in [3.63, 3.8) is 0 Å². The maximum atomic E-state index is 12.8. The number of likely N-dealkylation sites (N-methyl/N-ethyl adjacent to an activating group) is 2. The number of nitrogens with one attached hydrogen (secondary N) is 1. The smallest absolute Gasteiger partial charge is 0.253 e. The number of halogens is 2. The van der Waals surface area contributed by atoms with Crippen molar-refractivity contribution >= 4 is 42.3 Å². The van der Waals surface area contributed by atoms with E-state index in [4.69, 9.17) is 5.73 Å². The van der Waals surface area contributed by atoms with Gasteiger partial charge in [0.25, 0.3) is 5.91 Å². The third kappa shape index (κ3) is 7.51. The summed E-state index contributed by atoms with van der Waals surface area (Å²) in [6.45, 7) is 1.99. The van der Waals surface area contributed by atoms with Crippen LogP contribution in [0.4, 0.5) is 5.69 Å². The topological polar surface area (TPSA) is 78.7 Å². The van der Waals surface area contributed by atoms with Gasteiger partial charge in [0.1, 0.15) is 0 Å². The summed E-state index contributed by atoms with van der Waals surface area (Å²) in [5, 5.41) is 2.86. The molecule has 2 aromatic rings. The molecule has 2 atom stereocenters. The average Bonchev–Trinajstić information content (AvgIpc) is 2.73. The molecule has 0 spiro atoms. The van der Waals surface area contributed by atoms with Gasteiger partial charge < -0.3 is 20.9 Å². The fraction of sp³-hybridized carbons (Fsp3) is 0.391. The van der Waals surface area contributed by atoms with Gasteiger partial charge in [-0.2, -0.15) is 0 Å². The molecule has 31 heavy (non-hydrogen) atoms. The first-order valence-corrected chi connectivity index (χ1v) is 10.1. The van der Waals surface area contributed by atoms with E-state index < -0.39 is 0 Å². The van der Waals surface area contributed by atoms with Crippen LogP contribution >= 0.6 is 24.8 Å². The first-order valence-electron chi connectivity index (χ1n) is 10.1. The molecule has 3 rings (SSSR count). The van der Waals surface area contributed by atoms with Crippen LogP contribution in [0.1, 0.15) is 41.2 Å². The number of benzene rings is 2. The van der Waals surface area contributed by atoms with Gasteiger partial charge in [0.15, 0.2) is 0 Å². The highest BCUT2D eigenvalue weighted by Gasteiger charge is 2.25. The molecular formula is C23H32Cl2N4O2. The predicted molar refractivity (Wildman–Crippen MR) is 130 cm³/mol. The molecule has 6 nitrogen and oxygen atoms in total. The summed E-state index contributed by atoms with van der Waals surface area (Å²) in [7, 11) is 3.96. The normalized spacial score (nSPS) is 16.9. The van der Waals surface area contributed by atoms with Gasteiger partial charge in [-0.15, -0.1) is 24.8 Å². The maximum Gasteiger partial charge on any atom is 0.253 e. The van der Waals surface area contributed by atoms with Crippen LogP contribution in [-0.4, -0.2) is 54.8 Å². The lowest BCUT2D eigenvalue weighted by molar-refractivity contribution is -0.116. The van der Waals surface area contributed by atoms with Gasteiger partial charge in [-0.25, -0.2) is 0 Å². The quantitative estimate of drug-likeness (QED) is 0.679. The van der Waals surface area contributed by atoms with Crippen LogP contribution in [0.15, 0.2) is 54.6 Å². The summed E-state index contributed by atoms with van der Waals surface area (Å²) in [4.78, 5) is 29.2. The van der Waals surface area contributed by atoms with Gasteiger partial charge in [-0.3, -0.25) is 9.59 Å². The molecule has 0 aliphatic carbocycles. The molecule has 1 fully saturated rings. The number of likely N-dealkylation sites (tertiary alicyclic amines) is 1. The molecule has 2 aromatic carbocycles. The Morgan fingerprint density at radius 3 is 2.39 bits per heavy atom. The number of hydrogen-bond acceptors (Lipinski definition) is 4. The van der Waals surface area contributed by atoms with Gasteiger partial charge in [0.2, 0.25) is 5.91 Å². The Balaban J connectivity index is 0.00000240. The number of rotatable bonds is 6. The molecule has 0 bridgehead atoms. The second-order valence-corrected chi connectivity index (χ2v) is 7.82. The zero-order valence-electron chi connectivity index (χ0n) is 18.0. The summed E-state index contributed by atoms with van der Waals surface area (Å²) in [6, 6.07) is 16.5. The van der Waals surface area contributed by atoms with E-state index in [0.717, 1.165) is 31.5 Å². The SMILES string of the molecule is CN1CCCC(N(C)C(=O)c2ccc(NC(=O)CC(N)c3ccccc3)cc2)C1.Cl.Cl. The van der Waals surface area contributed by atoms with E-state index in [-0.39, 0.29) is 55.1 Å². The molecule has 1 aliphatic heterocycles. The van der Waals surface area contributed by atoms with Crippen LogP contribution < -0.4 is 11.1 Å². The molecule has 2 amide bonds. The zero-order valence-corrected chi connectivity index (χ0v) is 19.6. The van der Waals surface area contributed by atoms with Gasteiger partial charge in [0.05, 0.1) is 0 Å². The molecule has 1 aliphatic rings. The standard InChI is InChI=1S/C23H30N4O2.2ClH/c1-26-14-6-9-20(16-26)27(2)23(29)18-10-12-19(13-11-18)25-22(28)15-21(24)17-7-4-3-5-8-17;;/h3-5,7-8,10-13,20-21H,6,9,14-16,24H2,1-2H3,(H,25,28);2*1H. The van der Waals surface area contributed by atoms with Crippen molar-refractivity contribution < 1.29 is 9.59 Å². The van der Waals surface area contributed by atoms with Crippen LogP contribution in [0.5, 0.6) is 0 Å². The van der Waals surface area contributed by atoms with E-state index in [0.29, 0.717) is 11.3 Å². The van der Waals surface area contributed by atoms with Gasteiger partial charge >= 0.3 is 0 Å². The van der Waals surface area contributed by atoms with Crippen molar-refractivity contribution in [2.75, 3.05) is 32.5 Å². The van der Waals surface area contributed by atoms with Crippen molar-refractivity contribution in [2.45, 2.75) is 31.3 Å². The van der Waals surface area contributed by atoms with Crippen LogP contribution in [0.25, 0.3) is 0 Å². The molecule has 1 saturated heterocycles. The van der Waals surface area contributed by atoms with Crippen molar-refractivity contribution in [1.82, 2.24) is 9.80 Å². The number of anilines is 1. The van der Waals surface area contributed by atoms with E-state index in [1.165, 1.54) is 0 Å². The highest BCUT2D eigenvalue weighted by molar-refractivity contribution is 5.96. The Bertz CT molecular complexity index is 833. The monoisotopic (exact) mass is 466 g/mol. The van der Waals surface area contributed by atoms with Crippen molar-refractivity contribution in [2.24, 2.45) is 5.73 Å². The van der Waals surface area contributed by atoms with Crippen molar-refractivity contribution in [3.8, 4) is 0 Å². The van der Waals surface area contributed by atoms with E-state index in [2.05, 4.69) is 17.3 Å². The lowest BCUT2D eigenvalue weighted by Gasteiger charge is -2.35. The van der Waals surface area contributed by atoms with Gasteiger partial charge in [-0.05, 0) is 56.3 Å². The van der Waals surface area contributed by atoms with Crippen LogP contribution in [0.2, 0.25) is 0 Å². The zero-order chi connectivity index (χ0) is 20.8. The minimum Gasteiger partial charge on any atom is -0.337 e. The van der Waals surface area contributed by atoms with Crippen molar-refractivity contribution in [3.05, 3.63) is 65.7 Å². The fourth-order valence-corrected chi connectivity index (χ4v) is 3.75. The van der Waals surface area contributed by atoms with E-state index in [9.17, 15) is 9.59 Å². The lowest BCUT2D eigenvalue weighted by Crippen LogP contribution is -2.47. The van der Waals surface area contributed by atoms with E-state index in [1.54, 1.807) is 24.3 Å². The number of carbonyl (C=O) groups is 2. The van der Waals surface area contributed by atoms with E-state index >= 15 is 0 Å². The summed E-state index contributed by atoms with van der Waals surface area (Å²) < 4.78 is 0. The number of amides is 2. The molecule has 170 valence electrons. The number of nitrogens with zero attached hydrogens (tertiary/aromatic N) is 2. The highest BCUT2D eigenvalue weighted by Crippen LogP contribution is 2.18. The fourth-order valence-electron chi connectivity index (χ4n) is 3.75. The third-order valence-corrected chi connectivity index (χ3v) is 5.52. The third-order valence-electron chi connectivity index (χ3n) is 5.52. The lowest BCUT2D eigenvalue weighted by atomic mass is 10.0. The first kappa shape index (κ1) is 26.9. The molecular weight excluding hydrogens is 435 g/mol. The largest absolute Gasteiger partial charge is 0.337 e. The predicted octanol–water partition coefficient (Wildman–Crippen LogP) is 3.73.